The molecule has 0 unspecified atom stereocenters. The zero-order valence-corrected chi connectivity index (χ0v) is 35.1. The van der Waals surface area contributed by atoms with Crippen LogP contribution in [0.1, 0.15) is 0 Å². The van der Waals surface area contributed by atoms with Crippen molar-refractivity contribution in [3.05, 3.63) is 207 Å². The van der Waals surface area contributed by atoms with E-state index in [1.54, 1.807) is 0 Å². The van der Waals surface area contributed by atoms with E-state index in [1.807, 2.05) is 152 Å². The molecule has 6 aromatic carbocycles. The molecule has 12 rings (SSSR count). The van der Waals surface area contributed by atoms with Gasteiger partial charge in [0.05, 0.1) is 11.0 Å². The largest absolute Gasteiger partial charge is 0.299 e. The Bertz CT molecular complexity index is 3230. The Kier molecular flexibility index (Phi) is 8.90. The molecule has 10 nitrogen and oxygen atoms in total. The minimum absolute atomic E-state index is 0.518. The maximum atomic E-state index is 5.52. The number of aromatic nitrogens is 10. The quantitative estimate of drug-likeness (QED) is 0.141. The van der Waals surface area contributed by atoms with Crippen LogP contribution >= 0.6 is 0 Å². The van der Waals surface area contributed by atoms with Crippen molar-refractivity contribution in [2.24, 2.45) is 0 Å². The van der Waals surface area contributed by atoms with Crippen LogP contribution in [-0.2, 0) is 0 Å². The number of benzene rings is 6. The average molecular weight is 839 g/mol. The summed E-state index contributed by atoms with van der Waals surface area (Å²) in [6, 6.07) is 61.4. The van der Waals surface area contributed by atoms with E-state index in [4.69, 9.17) is 44.9 Å². The topological polar surface area (TPSA) is 121 Å². The molecule has 1 aliphatic rings. The first-order chi connectivity index (χ1) is 31.7. The molecule has 0 atom stereocenters. The summed E-state index contributed by atoms with van der Waals surface area (Å²) in [5, 5.41) is 3.16. The van der Waals surface area contributed by atoms with Crippen LogP contribution in [0.15, 0.2) is 207 Å². The Morgan fingerprint density at radius 3 is 1.16 bits per heavy atom. The summed E-state index contributed by atoms with van der Waals surface area (Å²) < 4.78 is 2.32. The molecule has 0 fully saturated rings. The zero-order valence-electron chi connectivity index (χ0n) is 34.1. The van der Waals surface area contributed by atoms with Gasteiger partial charge in [-0.15, -0.1) is 0 Å². The summed E-state index contributed by atoms with van der Waals surface area (Å²) in [7, 11) is -3.36. The van der Waals surface area contributed by atoms with Gasteiger partial charge in [0.1, 0.15) is 5.45 Å². The van der Waals surface area contributed by atoms with Gasteiger partial charge in [-0.05, 0) is 45.9 Å². The first kappa shape index (κ1) is 37.1. The summed E-state index contributed by atoms with van der Waals surface area (Å²) in [6.45, 7) is 0. The molecular weight excluding hydrogens is 805 g/mol. The van der Waals surface area contributed by atoms with E-state index in [1.165, 1.54) is 0 Å². The van der Waals surface area contributed by atoms with Gasteiger partial charge < -0.3 is 0 Å². The highest BCUT2D eigenvalue weighted by atomic mass is 28.3. The first-order valence-electron chi connectivity index (χ1n) is 20.9. The Morgan fingerprint density at radius 2 is 0.703 bits per heavy atom. The van der Waals surface area contributed by atoms with Gasteiger partial charge in [0.25, 0.3) is 0 Å². The molecule has 0 bridgehead atoms. The van der Waals surface area contributed by atoms with Gasteiger partial charge in [-0.1, -0.05) is 152 Å². The third-order valence-electron chi connectivity index (χ3n) is 11.7. The number of imidazole rings is 1. The molecule has 5 aromatic heterocycles. The highest BCUT2D eigenvalue weighted by molar-refractivity contribution is 7.20. The molecule has 0 amide bonds. The minimum Gasteiger partial charge on any atom is -0.299 e. The molecule has 300 valence electrons. The number of hydrogen-bond acceptors (Lipinski definition) is 9. The Morgan fingerprint density at radius 1 is 0.328 bits per heavy atom. The number of fused-ring (bicyclic) bond motifs is 5. The summed E-state index contributed by atoms with van der Waals surface area (Å²) in [5.74, 6) is 3.35. The van der Waals surface area contributed by atoms with E-state index in [-0.39, 0.29) is 0 Å². The van der Waals surface area contributed by atoms with Gasteiger partial charge in [0.2, 0.25) is 8.07 Å². The lowest BCUT2D eigenvalue weighted by Crippen LogP contribution is -2.74. The highest BCUT2D eigenvalue weighted by Crippen LogP contribution is 2.30. The van der Waals surface area contributed by atoms with E-state index in [9.17, 15) is 0 Å². The lowest BCUT2D eigenvalue weighted by Gasteiger charge is -2.28. The number of pyridine rings is 2. The number of para-hydroxylation sites is 3. The summed E-state index contributed by atoms with van der Waals surface area (Å²) in [4.78, 5) is 45.9. The van der Waals surface area contributed by atoms with Crippen molar-refractivity contribution < 1.29 is 0 Å². The fourth-order valence-corrected chi connectivity index (χ4v) is 13.6. The monoisotopic (exact) mass is 838 g/mol. The van der Waals surface area contributed by atoms with Gasteiger partial charge in [-0.3, -0.25) is 14.5 Å². The van der Waals surface area contributed by atoms with Crippen molar-refractivity contribution >= 4 is 40.1 Å². The fourth-order valence-electron chi connectivity index (χ4n) is 8.77. The van der Waals surface area contributed by atoms with Crippen LogP contribution in [0.5, 0.6) is 0 Å². The fraction of sp³-hybridized carbons (Fsp3) is 0. The van der Waals surface area contributed by atoms with E-state index < -0.39 is 8.07 Å². The van der Waals surface area contributed by atoms with Gasteiger partial charge in [-0.25, -0.2) is 34.9 Å². The minimum atomic E-state index is -3.36. The van der Waals surface area contributed by atoms with Crippen LogP contribution in [0.4, 0.5) is 0 Å². The second-order valence-corrected chi connectivity index (χ2v) is 19.2. The predicted molar refractivity (Wildman–Crippen MR) is 253 cm³/mol. The second kappa shape index (κ2) is 15.3. The Balaban J connectivity index is 1.10. The van der Waals surface area contributed by atoms with Crippen LogP contribution in [0.2, 0.25) is 0 Å². The third-order valence-corrected chi connectivity index (χ3v) is 16.2. The molecule has 64 heavy (non-hydrogen) atoms. The van der Waals surface area contributed by atoms with Crippen molar-refractivity contribution in [2.75, 3.05) is 0 Å². The first-order valence-corrected chi connectivity index (χ1v) is 22.9. The second-order valence-electron chi connectivity index (χ2n) is 15.5. The van der Waals surface area contributed by atoms with Crippen LogP contribution < -0.4 is 21.0 Å². The van der Waals surface area contributed by atoms with Crippen molar-refractivity contribution in [1.29, 1.82) is 0 Å². The summed E-state index contributed by atoms with van der Waals surface area (Å²) in [6.07, 6.45) is 7.64. The highest BCUT2D eigenvalue weighted by Gasteiger charge is 2.52. The smallest absolute Gasteiger partial charge is 0.229 e. The zero-order chi connectivity index (χ0) is 42.5. The molecule has 0 radical (unpaired) electrons. The van der Waals surface area contributed by atoms with E-state index in [0.717, 1.165) is 71.1 Å². The van der Waals surface area contributed by atoms with E-state index >= 15 is 0 Å². The molecule has 0 aliphatic carbocycles. The van der Waals surface area contributed by atoms with Gasteiger partial charge in [0.15, 0.2) is 34.9 Å². The van der Waals surface area contributed by atoms with Gasteiger partial charge in [0, 0.05) is 63.9 Å². The summed E-state index contributed by atoms with van der Waals surface area (Å²) >= 11 is 0. The predicted octanol–water partition coefficient (Wildman–Crippen LogP) is 7.88. The van der Waals surface area contributed by atoms with Crippen LogP contribution in [0.25, 0.3) is 85.0 Å². The molecule has 0 saturated carbocycles. The average Bonchev–Trinajstić information content (AvgIpc) is 3.91. The van der Waals surface area contributed by atoms with Crippen molar-refractivity contribution in [3.63, 3.8) is 0 Å². The van der Waals surface area contributed by atoms with Gasteiger partial charge >= 0.3 is 0 Å². The standard InChI is InChI=1S/C53H34N10Si/c1-5-17-35(18-6-1)47-57-48(36-19-7-2-8-20-36)60-51(59-47)39-29-41(33-54-31-39)64(46-28-16-15-27-45(46)63-44-26-14-13-25-43(44)56-53(63)64)42-30-40(32-55-34-42)52-61-49(37-21-9-3-10-22-37)58-50(62-52)38-23-11-4-12-24-38/h1-34H. The van der Waals surface area contributed by atoms with Crippen molar-refractivity contribution in [1.82, 2.24) is 49.4 Å². The SMILES string of the molecule is c1ccc(-c2nc(-c3ccccc3)nc(-c3cncc([Si]4(c5cncc(-c6nc(-c7ccccc7)nc(-c7ccccc7)n6)c5)c5ccccc5-n5c4nc4ccccc45)c3)n2)cc1. The summed E-state index contributed by atoms with van der Waals surface area (Å²) in [5.41, 5.74) is 9.05. The maximum Gasteiger partial charge on any atom is 0.229 e. The van der Waals surface area contributed by atoms with Crippen molar-refractivity contribution in [3.8, 4) is 74.0 Å². The number of rotatable bonds is 8. The molecule has 11 aromatic rings. The van der Waals surface area contributed by atoms with Crippen molar-refractivity contribution in [2.45, 2.75) is 0 Å². The molecule has 0 saturated heterocycles. The lowest BCUT2D eigenvalue weighted by atomic mass is 10.1. The van der Waals surface area contributed by atoms with E-state index in [0.29, 0.717) is 34.9 Å². The molecular formula is C53H34N10Si. The molecule has 11 heteroatoms. The van der Waals surface area contributed by atoms with E-state index in [2.05, 4.69) is 59.2 Å². The van der Waals surface area contributed by atoms with Crippen LogP contribution in [0, 0.1) is 0 Å². The molecule has 1 aliphatic heterocycles. The van der Waals surface area contributed by atoms with Crippen LogP contribution in [0.3, 0.4) is 0 Å². The van der Waals surface area contributed by atoms with Crippen LogP contribution in [-0.4, -0.2) is 57.5 Å². The molecule has 0 N–H and O–H groups in total. The molecule has 6 heterocycles. The Labute approximate surface area is 368 Å². The normalized spacial score (nSPS) is 12.5. The van der Waals surface area contributed by atoms with Gasteiger partial charge in [-0.2, -0.15) is 0 Å². The number of hydrogen-bond donors (Lipinski definition) is 0. The molecule has 0 spiro atoms. The lowest BCUT2D eigenvalue weighted by molar-refractivity contribution is 1.07. The third kappa shape index (κ3) is 6.21. The Hall–Kier alpha value is -8.67. The maximum absolute atomic E-state index is 5.52. The number of nitrogens with zero attached hydrogens (tertiary/aromatic N) is 10.